The molecule has 4 N–H and O–H groups in total. The molecule has 0 spiro atoms. The van der Waals surface area contributed by atoms with Gasteiger partial charge in [0.1, 0.15) is 17.3 Å². The van der Waals surface area contributed by atoms with Crippen LogP contribution < -0.4 is 16.4 Å². The Labute approximate surface area is 168 Å². The van der Waals surface area contributed by atoms with Crippen LogP contribution in [0.4, 0.5) is 39.0 Å². The molecule has 0 unspecified atom stereocenters. The van der Waals surface area contributed by atoms with Crippen LogP contribution in [0.5, 0.6) is 0 Å². The van der Waals surface area contributed by atoms with E-state index in [0.717, 1.165) is 11.3 Å². The number of nitrogens with zero attached hydrogens (tertiary/aromatic N) is 3. The number of hydrogen-bond donors (Lipinski definition) is 3. The lowest BCUT2D eigenvalue weighted by Crippen LogP contribution is -2.04. The minimum atomic E-state index is -0.478. The second kappa shape index (κ2) is 9.01. The minimum Gasteiger partial charge on any atom is -0.481 e. The summed E-state index contributed by atoms with van der Waals surface area (Å²) >= 11 is 0. The number of aromatic nitrogens is 2. The van der Waals surface area contributed by atoms with Gasteiger partial charge in [-0.05, 0) is 38.1 Å². The monoisotopic (exact) mass is 394 g/mol. The van der Waals surface area contributed by atoms with Crippen LogP contribution in [0, 0.1) is 12.7 Å². The summed E-state index contributed by atoms with van der Waals surface area (Å²) in [5.74, 6) is 0.884. The Balaban J connectivity index is 1.89. The summed E-state index contributed by atoms with van der Waals surface area (Å²) in [6.07, 6.45) is 0. The lowest BCUT2D eigenvalue weighted by Gasteiger charge is -2.12. The maximum absolute atomic E-state index is 14.4. The zero-order valence-electron chi connectivity index (χ0n) is 16.5. The van der Waals surface area contributed by atoms with E-state index in [1.54, 1.807) is 25.1 Å². The number of aliphatic imine (C=N–C) groups is 1. The molecule has 2 aromatic carbocycles. The number of ether oxygens (including phenoxy) is 1. The van der Waals surface area contributed by atoms with E-state index in [4.69, 9.17) is 10.5 Å². The summed E-state index contributed by atoms with van der Waals surface area (Å²) < 4.78 is 19.7. The molecular formula is C21H23FN6O. The zero-order chi connectivity index (χ0) is 20.8. The molecule has 0 aliphatic heterocycles. The molecule has 0 aliphatic carbocycles. The first-order chi connectivity index (χ1) is 13.9. The van der Waals surface area contributed by atoms with Gasteiger partial charge in [-0.25, -0.2) is 9.38 Å². The molecule has 1 aromatic heterocycles. The fraction of sp³-hybridized carbons (Fsp3) is 0.190. The maximum Gasteiger partial charge on any atom is 0.231 e. The van der Waals surface area contributed by atoms with Gasteiger partial charge >= 0.3 is 0 Å². The highest BCUT2D eigenvalue weighted by atomic mass is 19.1. The van der Waals surface area contributed by atoms with Crippen molar-refractivity contribution >= 4 is 40.5 Å². The van der Waals surface area contributed by atoms with Crippen LogP contribution in [0.25, 0.3) is 0 Å². The molecule has 0 saturated carbocycles. The smallest absolute Gasteiger partial charge is 0.231 e. The predicted molar refractivity (Wildman–Crippen MR) is 115 cm³/mol. The second-order valence-electron chi connectivity index (χ2n) is 6.32. The van der Waals surface area contributed by atoms with Crippen molar-refractivity contribution in [3.8, 4) is 0 Å². The Kier molecular flexibility index (Phi) is 6.23. The number of nitrogens with one attached hydrogen (secondary N) is 2. The molecule has 3 aromatic rings. The van der Waals surface area contributed by atoms with E-state index in [1.165, 1.54) is 6.07 Å². The molecule has 0 saturated heterocycles. The van der Waals surface area contributed by atoms with Gasteiger partial charge in [0.05, 0.1) is 12.3 Å². The van der Waals surface area contributed by atoms with E-state index in [0.29, 0.717) is 30.0 Å². The quantitative estimate of drug-likeness (QED) is 0.398. The molecule has 3 rings (SSSR count). The molecule has 0 bridgehead atoms. The summed E-state index contributed by atoms with van der Waals surface area (Å²) in [7, 11) is 0. The van der Waals surface area contributed by atoms with Gasteiger partial charge in [-0.15, -0.1) is 0 Å². The van der Waals surface area contributed by atoms with E-state index < -0.39 is 5.82 Å². The normalized spacial score (nSPS) is 11.2. The first-order valence-corrected chi connectivity index (χ1v) is 9.16. The number of aryl methyl sites for hydroxylation is 1. The largest absolute Gasteiger partial charge is 0.481 e. The Hall–Kier alpha value is -3.68. The van der Waals surface area contributed by atoms with Crippen molar-refractivity contribution < 1.29 is 9.13 Å². The third-order valence-corrected chi connectivity index (χ3v) is 3.93. The number of benzene rings is 2. The van der Waals surface area contributed by atoms with Gasteiger partial charge in [0.25, 0.3) is 0 Å². The second-order valence-corrected chi connectivity index (χ2v) is 6.32. The molecule has 0 radical (unpaired) electrons. The van der Waals surface area contributed by atoms with Crippen LogP contribution in [-0.2, 0) is 4.74 Å². The summed E-state index contributed by atoms with van der Waals surface area (Å²) in [4.78, 5) is 12.8. The van der Waals surface area contributed by atoms with Crippen LogP contribution in [0.1, 0.15) is 19.4 Å². The molecule has 7 nitrogen and oxygen atoms in total. The first-order valence-electron chi connectivity index (χ1n) is 9.16. The van der Waals surface area contributed by atoms with Crippen LogP contribution in [0.2, 0.25) is 0 Å². The highest BCUT2D eigenvalue weighted by Gasteiger charge is 2.11. The molecule has 150 valence electrons. The SMILES string of the molecule is CCO/C(C)=N/c1c(F)cccc1Nc1cc(N)nc(Nc2ccc(C)cc2)n1. The molecule has 1 heterocycles. The fourth-order valence-electron chi connectivity index (χ4n) is 2.62. The fourth-order valence-corrected chi connectivity index (χ4v) is 2.62. The highest BCUT2D eigenvalue weighted by molar-refractivity contribution is 5.82. The Morgan fingerprint density at radius 2 is 1.90 bits per heavy atom. The van der Waals surface area contributed by atoms with Crippen molar-refractivity contribution in [2.24, 2.45) is 4.99 Å². The van der Waals surface area contributed by atoms with E-state index in [1.807, 2.05) is 38.1 Å². The number of anilines is 5. The average molecular weight is 394 g/mol. The third kappa shape index (κ3) is 5.41. The number of nitrogens with two attached hydrogens (primary N) is 1. The summed E-state index contributed by atoms with van der Waals surface area (Å²) in [5.41, 5.74) is 8.46. The Morgan fingerprint density at radius 3 is 2.62 bits per heavy atom. The first kappa shape index (κ1) is 20.1. The molecule has 0 atom stereocenters. The number of para-hydroxylation sites is 1. The van der Waals surface area contributed by atoms with Gasteiger partial charge < -0.3 is 21.1 Å². The lowest BCUT2D eigenvalue weighted by atomic mass is 10.2. The van der Waals surface area contributed by atoms with Crippen LogP contribution in [0.3, 0.4) is 0 Å². The Morgan fingerprint density at radius 1 is 1.14 bits per heavy atom. The van der Waals surface area contributed by atoms with Crippen molar-refractivity contribution in [2.45, 2.75) is 20.8 Å². The van der Waals surface area contributed by atoms with Gasteiger partial charge in [0, 0.05) is 18.7 Å². The summed E-state index contributed by atoms with van der Waals surface area (Å²) in [6, 6.07) is 14.0. The van der Waals surface area contributed by atoms with Crippen molar-refractivity contribution in [3.05, 3.63) is 59.9 Å². The van der Waals surface area contributed by atoms with Crippen LogP contribution in [0.15, 0.2) is 53.5 Å². The van der Waals surface area contributed by atoms with Crippen LogP contribution >= 0.6 is 0 Å². The predicted octanol–water partition coefficient (Wildman–Crippen LogP) is 5.08. The van der Waals surface area contributed by atoms with Crippen molar-refractivity contribution in [1.82, 2.24) is 9.97 Å². The minimum absolute atomic E-state index is 0.128. The number of nitrogen functional groups attached to an aromatic ring is 1. The molecular weight excluding hydrogens is 371 g/mol. The zero-order valence-corrected chi connectivity index (χ0v) is 16.5. The van der Waals surface area contributed by atoms with Crippen LogP contribution in [-0.4, -0.2) is 22.5 Å². The van der Waals surface area contributed by atoms with Gasteiger partial charge in [-0.2, -0.15) is 9.97 Å². The Bertz CT molecular complexity index is 1020. The van der Waals surface area contributed by atoms with Gasteiger partial charge in [0.15, 0.2) is 11.7 Å². The van der Waals surface area contributed by atoms with Gasteiger partial charge in [-0.1, -0.05) is 23.8 Å². The highest BCUT2D eigenvalue weighted by Crippen LogP contribution is 2.31. The van der Waals surface area contributed by atoms with Crippen molar-refractivity contribution in [1.29, 1.82) is 0 Å². The van der Waals surface area contributed by atoms with E-state index in [2.05, 4.69) is 25.6 Å². The van der Waals surface area contributed by atoms with Gasteiger partial charge in [0.2, 0.25) is 5.95 Å². The van der Waals surface area contributed by atoms with E-state index >= 15 is 0 Å². The molecule has 0 amide bonds. The molecule has 0 fully saturated rings. The third-order valence-electron chi connectivity index (χ3n) is 3.93. The lowest BCUT2D eigenvalue weighted by molar-refractivity contribution is 0.324. The topological polar surface area (TPSA) is 97.5 Å². The molecule has 0 aliphatic rings. The van der Waals surface area contributed by atoms with Crippen molar-refractivity contribution in [3.63, 3.8) is 0 Å². The molecule has 8 heteroatoms. The van der Waals surface area contributed by atoms with E-state index in [9.17, 15) is 4.39 Å². The standard InChI is InChI=1S/C21H23FN6O/c1-4-29-14(3)24-20-16(22)6-5-7-17(20)26-19-12-18(23)27-21(28-19)25-15-10-8-13(2)9-11-15/h5-12H,4H2,1-3H3,(H4,23,25,26,27,28)/b24-14+. The summed E-state index contributed by atoms with van der Waals surface area (Å²) in [5, 5.41) is 6.17. The number of halogens is 1. The van der Waals surface area contributed by atoms with E-state index in [-0.39, 0.29) is 11.5 Å². The van der Waals surface area contributed by atoms with Crippen molar-refractivity contribution in [2.75, 3.05) is 23.0 Å². The maximum atomic E-state index is 14.4. The summed E-state index contributed by atoms with van der Waals surface area (Å²) in [6.45, 7) is 5.97. The molecule has 29 heavy (non-hydrogen) atoms. The number of hydrogen-bond acceptors (Lipinski definition) is 7. The van der Waals surface area contributed by atoms with Gasteiger partial charge in [-0.3, -0.25) is 0 Å². The number of rotatable bonds is 6. The average Bonchev–Trinajstić information content (AvgIpc) is 2.66.